The molecule has 1 aromatic heterocycles. The second kappa shape index (κ2) is 6.92. The lowest BCUT2D eigenvalue weighted by Crippen LogP contribution is -2.07. The maximum absolute atomic E-state index is 5.52. The van der Waals surface area contributed by atoms with Gasteiger partial charge >= 0.3 is 0 Å². The Morgan fingerprint density at radius 1 is 1.10 bits per heavy atom. The highest BCUT2D eigenvalue weighted by atomic mass is 16.5. The third-order valence-electron chi connectivity index (χ3n) is 3.01. The van der Waals surface area contributed by atoms with Crippen molar-refractivity contribution in [2.45, 2.75) is 27.7 Å². The molecule has 21 heavy (non-hydrogen) atoms. The smallest absolute Gasteiger partial charge is 0.139 e. The Kier molecular flexibility index (Phi) is 4.98. The van der Waals surface area contributed by atoms with Crippen molar-refractivity contribution in [1.29, 1.82) is 0 Å². The molecule has 0 aliphatic heterocycles. The molecule has 112 valence electrons. The van der Waals surface area contributed by atoms with Crippen LogP contribution in [0.25, 0.3) is 0 Å². The number of anilines is 3. The predicted octanol–water partition coefficient (Wildman–Crippen LogP) is 3.67. The molecule has 1 heterocycles. The minimum Gasteiger partial charge on any atom is -0.494 e. The fourth-order valence-corrected chi connectivity index (χ4v) is 2.06. The van der Waals surface area contributed by atoms with Crippen LogP contribution in [0.1, 0.15) is 25.2 Å². The molecule has 2 rings (SSSR count). The van der Waals surface area contributed by atoms with Crippen molar-refractivity contribution in [2.75, 3.05) is 23.8 Å². The van der Waals surface area contributed by atoms with Crippen molar-refractivity contribution in [3.8, 4) is 5.75 Å². The Morgan fingerprint density at radius 2 is 1.86 bits per heavy atom. The molecular formula is C16H22N4O. The zero-order valence-corrected chi connectivity index (χ0v) is 13.0. The van der Waals surface area contributed by atoms with Crippen molar-refractivity contribution in [3.63, 3.8) is 0 Å². The van der Waals surface area contributed by atoms with Crippen LogP contribution in [0.2, 0.25) is 0 Å². The largest absolute Gasteiger partial charge is 0.494 e. The molecule has 0 saturated heterocycles. The predicted molar refractivity (Wildman–Crippen MR) is 86.6 cm³/mol. The molecule has 2 N–H and O–H groups in total. The van der Waals surface area contributed by atoms with E-state index < -0.39 is 0 Å². The van der Waals surface area contributed by atoms with Gasteiger partial charge in [-0.2, -0.15) is 0 Å². The van der Waals surface area contributed by atoms with E-state index in [0.717, 1.165) is 41.0 Å². The SMILES string of the molecule is CCNc1nc(C)nc(Nc2cccc(OCC)c2)c1C. The van der Waals surface area contributed by atoms with E-state index in [0.29, 0.717) is 6.61 Å². The van der Waals surface area contributed by atoms with Crippen molar-refractivity contribution in [2.24, 2.45) is 0 Å². The summed E-state index contributed by atoms with van der Waals surface area (Å²) in [6, 6.07) is 7.86. The molecule has 0 saturated carbocycles. The highest BCUT2D eigenvalue weighted by Gasteiger charge is 2.09. The van der Waals surface area contributed by atoms with E-state index in [4.69, 9.17) is 4.74 Å². The summed E-state index contributed by atoms with van der Waals surface area (Å²) in [5.41, 5.74) is 1.95. The number of hydrogen-bond donors (Lipinski definition) is 2. The van der Waals surface area contributed by atoms with E-state index in [9.17, 15) is 0 Å². The molecule has 5 nitrogen and oxygen atoms in total. The molecular weight excluding hydrogens is 264 g/mol. The van der Waals surface area contributed by atoms with Crippen LogP contribution in [-0.2, 0) is 0 Å². The molecule has 1 aromatic carbocycles. The van der Waals surface area contributed by atoms with Crippen LogP contribution >= 0.6 is 0 Å². The van der Waals surface area contributed by atoms with Gasteiger partial charge in [-0.1, -0.05) is 6.07 Å². The van der Waals surface area contributed by atoms with Crippen LogP contribution in [0.5, 0.6) is 5.75 Å². The van der Waals surface area contributed by atoms with Crippen molar-refractivity contribution < 1.29 is 4.74 Å². The van der Waals surface area contributed by atoms with Gasteiger partial charge in [-0.3, -0.25) is 0 Å². The Balaban J connectivity index is 2.28. The molecule has 0 spiro atoms. The van der Waals surface area contributed by atoms with Crippen molar-refractivity contribution in [3.05, 3.63) is 35.7 Å². The third kappa shape index (κ3) is 3.84. The van der Waals surface area contributed by atoms with Crippen LogP contribution in [-0.4, -0.2) is 23.1 Å². The number of benzene rings is 1. The standard InChI is InChI=1S/C16H22N4O/c1-5-17-15-11(3)16(19-12(4)18-15)20-13-8-7-9-14(10-13)21-6-2/h7-10H,5-6H2,1-4H3,(H2,17,18,19,20). The first-order valence-electron chi connectivity index (χ1n) is 7.23. The molecule has 2 aromatic rings. The first kappa shape index (κ1) is 15.1. The van der Waals surface area contributed by atoms with E-state index >= 15 is 0 Å². The summed E-state index contributed by atoms with van der Waals surface area (Å²) in [5.74, 6) is 3.26. The van der Waals surface area contributed by atoms with Crippen LogP contribution in [0.3, 0.4) is 0 Å². The van der Waals surface area contributed by atoms with Gasteiger partial charge in [0.05, 0.1) is 6.61 Å². The number of aromatic nitrogens is 2. The zero-order valence-electron chi connectivity index (χ0n) is 13.0. The Hall–Kier alpha value is -2.30. The number of hydrogen-bond acceptors (Lipinski definition) is 5. The molecule has 5 heteroatoms. The highest BCUT2D eigenvalue weighted by Crippen LogP contribution is 2.25. The van der Waals surface area contributed by atoms with E-state index in [-0.39, 0.29) is 0 Å². The Bertz CT molecular complexity index is 613. The Morgan fingerprint density at radius 3 is 2.57 bits per heavy atom. The number of nitrogens with one attached hydrogen (secondary N) is 2. The summed E-state index contributed by atoms with van der Waals surface area (Å²) >= 11 is 0. The number of ether oxygens (including phenoxy) is 1. The Labute approximate surface area is 125 Å². The van der Waals surface area contributed by atoms with Crippen molar-refractivity contribution in [1.82, 2.24) is 9.97 Å². The summed E-state index contributed by atoms with van der Waals surface area (Å²) in [6.45, 7) is 9.40. The van der Waals surface area contributed by atoms with Gasteiger partial charge in [0.1, 0.15) is 23.2 Å². The zero-order chi connectivity index (χ0) is 15.2. The minimum absolute atomic E-state index is 0.652. The highest BCUT2D eigenvalue weighted by molar-refractivity contribution is 5.65. The molecule has 0 fully saturated rings. The number of rotatable bonds is 6. The van der Waals surface area contributed by atoms with Crippen LogP contribution in [0.15, 0.2) is 24.3 Å². The topological polar surface area (TPSA) is 59.1 Å². The van der Waals surface area contributed by atoms with Crippen LogP contribution < -0.4 is 15.4 Å². The summed E-state index contributed by atoms with van der Waals surface area (Å²) in [7, 11) is 0. The van der Waals surface area contributed by atoms with Gasteiger partial charge in [-0.15, -0.1) is 0 Å². The maximum Gasteiger partial charge on any atom is 0.139 e. The van der Waals surface area contributed by atoms with Gasteiger partial charge < -0.3 is 15.4 Å². The molecule has 0 aliphatic rings. The summed E-state index contributed by atoms with van der Waals surface area (Å²) in [4.78, 5) is 8.91. The second-order valence-electron chi connectivity index (χ2n) is 4.71. The lowest BCUT2D eigenvalue weighted by atomic mass is 10.2. The maximum atomic E-state index is 5.52. The van der Waals surface area contributed by atoms with Crippen LogP contribution in [0.4, 0.5) is 17.3 Å². The molecule has 0 amide bonds. The fraction of sp³-hybridized carbons (Fsp3) is 0.375. The van der Waals surface area contributed by atoms with E-state index in [1.165, 1.54) is 0 Å². The quantitative estimate of drug-likeness (QED) is 0.848. The van der Waals surface area contributed by atoms with Gasteiger partial charge in [0.15, 0.2) is 0 Å². The fourth-order valence-electron chi connectivity index (χ4n) is 2.06. The lowest BCUT2D eigenvalue weighted by molar-refractivity contribution is 0.340. The van der Waals surface area contributed by atoms with Gasteiger partial charge in [-0.05, 0) is 39.8 Å². The van der Waals surface area contributed by atoms with Gasteiger partial charge in [0.25, 0.3) is 0 Å². The lowest BCUT2D eigenvalue weighted by Gasteiger charge is -2.14. The minimum atomic E-state index is 0.652. The molecule has 0 bridgehead atoms. The van der Waals surface area contributed by atoms with Gasteiger partial charge in [0, 0.05) is 23.9 Å². The summed E-state index contributed by atoms with van der Waals surface area (Å²) < 4.78 is 5.52. The first-order valence-corrected chi connectivity index (χ1v) is 7.23. The molecule has 0 unspecified atom stereocenters. The number of aryl methyl sites for hydroxylation is 1. The third-order valence-corrected chi connectivity index (χ3v) is 3.01. The average molecular weight is 286 g/mol. The average Bonchev–Trinajstić information content (AvgIpc) is 2.45. The number of nitrogens with zero attached hydrogens (tertiary/aromatic N) is 2. The first-order chi connectivity index (χ1) is 10.1. The van der Waals surface area contributed by atoms with E-state index in [1.54, 1.807) is 0 Å². The van der Waals surface area contributed by atoms with Crippen molar-refractivity contribution >= 4 is 17.3 Å². The van der Waals surface area contributed by atoms with Gasteiger partial charge in [-0.25, -0.2) is 9.97 Å². The molecule has 0 aliphatic carbocycles. The summed E-state index contributed by atoms with van der Waals surface area (Å²) in [6.07, 6.45) is 0. The van der Waals surface area contributed by atoms with E-state index in [2.05, 4.69) is 27.5 Å². The second-order valence-corrected chi connectivity index (χ2v) is 4.71. The molecule has 0 atom stereocenters. The summed E-state index contributed by atoms with van der Waals surface area (Å²) in [5, 5.41) is 6.60. The van der Waals surface area contributed by atoms with Crippen LogP contribution in [0, 0.1) is 13.8 Å². The monoisotopic (exact) mass is 286 g/mol. The molecule has 0 radical (unpaired) electrons. The van der Waals surface area contributed by atoms with E-state index in [1.807, 2.05) is 45.0 Å². The normalized spacial score (nSPS) is 10.3. The van der Waals surface area contributed by atoms with Gasteiger partial charge in [0.2, 0.25) is 0 Å².